The van der Waals surface area contributed by atoms with E-state index < -0.39 is 5.66 Å². The Balaban J connectivity index is 2.05. The Hall–Kier alpha value is -2.57. The summed E-state index contributed by atoms with van der Waals surface area (Å²) in [5.74, 6) is 0.557. The van der Waals surface area contributed by atoms with Gasteiger partial charge in [0.25, 0.3) is 0 Å². The van der Waals surface area contributed by atoms with Crippen molar-refractivity contribution in [2.24, 2.45) is 21.5 Å². The summed E-state index contributed by atoms with van der Waals surface area (Å²) in [4.78, 5) is 23.5. The number of hydrogen-bond acceptors (Lipinski definition) is 6. The number of benzene rings is 1. The zero-order valence-electron chi connectivity index (χ0n) is 19.7. The van der Waals surface area contributed by atoms with Crippen LogP contribution < -0.4 is 21.7 Å². The summed E-state index contributed by atoms with van der Waals surface area (Å²) in [6.45, 7) is 12.8. The molecule has 1 fully saturated rings. The van der Waals surface area contributed by atoms with Crippen LogP contribution in [0.5, 0.6) is 0 Å². The lowest BCUT2D eigenvalue weighted by atomic mass is 9.80. The molecule has 0 atom stereocenters. The summed E-state index contributed by atoms with van der Waals surface area (Å²) in [6.07, 6.45) is 6.10. The summed E-state index contributed by atoms with van der Waals surface area (Å²) in [5.41, 5.74) is 17.5. The van der Waals surface area contributed by atoms with E-state index in [0.717, 1.165) is 49.0 Å². The number of fused-ring (bicyclic) bond motifs is 1. The van der Waals surface area contributed by atoms with Crippen LogP contribution in [0.2, 0.25) is 0 Å². The molecule has 2 aliphatic carbocycles. The zero-order valence-corrected chi connectivity index (χ0v) is 19.7. The molecule has 0 unspecified atom stereocenters. The maximum atomic E-state index is 12.0. The second kappa shape index (κ2) is 6.97. The summed E-state index contributed by atoms with van der Waals surface area (Å²) < 4.78 is 0. The summed E-state index contributed by atoms with van der Waals surface area (Å²) in [6, 6.07) is 2.16. The first-order chi connectivity index (χ1) is 14.4. The van der Waals surface area contributed by atoms with Crippen LogP contribution >= 0.6 is 0 Å². The van der Waals surface area contributed by atoms with Crippen LogP contribution in [0, 0.1) is 6.92 Å². The molecule has 0 bridgehead atoms. The fourth-order valence-corrected chi connectivity index (χ4v) is 6.32. The molecule has 1 aliphatic heterocycles. The summed E-state index contributed by atoms with van der Waals surface area (Å²) >= 11 is 0. The van der Waals surface area contributed by atoms with Gasteiger partial charge in [-0.15, -0.1) is 0 Å². The number of nitrogens with two attached hydrogens (primary N) is 2. The monoisotopic (exact) mass is 424 g/mol. The van der Waals surface area contributed by atoms with Crippen molar-refractivity contribution >= 4 is 29.2 Å². The molecule has 0 aromatic heterocycles. The third kappa shape index (κ3) is 3.38. The lowest BCUT2D eigenvalue weighted by molar-refractivity contribution is -0.114. The molecular formula is C24H36N6O. The smallest absolute Gasteiger partial charge is 0.221 e. The normalized spacial score (nSPS) is 23.2. The molecule has 0 saturated heterocycles. The SMILES string of the molecule is CC(=O)Nc1cc2c(c(N3C(N)=NC(N)=NC34CCCCC4)c1C)C(C)(C)CC2(C)C. The predicted octanol–water partition coefficient (Wildman–Crippen LogP) is 4.02. The lowest BCUT2D eigenvalue weighted by Crippen LogP contribution is -2.59. The van der Waals surface area contributed by atoms with Crippen LogP contribution in [0.25, 0.3) is 0 Å². The molecule has 1 aromatic rings. The van der Waals surface area contributed by atoms with Gasteiger partial charge in [0.15, 0.2) is 0 Å². The van der Waals surface area contributed by atoms with Crippen molar-refractivity contribution in [2.75, 3.05) is 10.2 Å². The molecule has 168 valence electrons. The maximum absolute atomic E-state index is 12.0. The van der Waals surface area contributed by atoms with Gasteiger partial charge in [-0.05, 0) is 72.6 Å². The van der Waals surface area contributed by atoms with Gasteiger partial charge in [-0.3, -0.25) is 9.69 Å². The highest BCUT2D eigenvalue weighted by Gasteiger charge is 2.50. The number of nitrogens with one attached hydrogen (secondary N) is 1. The minimum absolute atomic E-state index is 0.0295. The first kappa shape index (κ1) is 21.7. The molecule has 7 heteroatoms. The first-order valence-corrected chi connectivity index (χ1v) is 11.3. The van der Waals surface area contributed by atoms with E-state index in [1.165, 1.54) is 17.5 Å². The van der Waals surface area contributed by atoms with Gasteiger partial charge in [0.05, 0.1) is 5.69 Å². The highest BCUT2D eigenvalue weighted by molar-refractivity contribution is 6.07. The fraction of sp³-hybridized carbons (Fsp3) is 0.625. The Morgan fingerprint density at radius 1 is 1.10 bits per heavy atom. The fourth-order valence-electron chi connectivity index (χ4n) is 6.32. The molecule has 5 N–H and O–H groups in total. The van der Waals surface area contributed by atoms with E-state index in [0.29, 0.717) is 5.96 Å². The van der Waals surface area contributed by atoms with Crippen LogP contribution in [0.3, 0.4) is 0 Å². The molecule has 0 radical (unpaired) electrons. The summed E-state index contributed by atoms with van der Waals surface area (Å²) in [7, 11) is 0. The molecule has 1 heterocycles. The van der Waals surface area contributed by atoms with E-state index >= 15 is 0 Å². The van der Waals surface area contributed by atoms with Crippen molar-refractivity contribution in [1.82, 2.24) is 0 Å². The number of carbonyl (C=O) groups is 1. The largest absolute Gasteiger partial charge is 0.369 e. The van der Waals surface area contributed by atoms with E-state index in [2.05, 4.69) is 55.9 Å². The minimum Gasteiger partial charge on any atom is -0.369 e. The average molecular weight is 425 g/mol. The van der Waals surface area contributed by atoms with Gasteiger partial charge in [-0.2, -0.15) is 4.99 Å². The molecule has 1 spiro atoms. The van der Waals surface area contributed by atoms with E-state index in [1.807, 2.05) is 0 Å². The van der Waals surface area contributed by atoms with Gasteiger partial charge in [-0.1, -0.05) is 34.1 Å². The minimum atomic E-state index is -0.523. The number of anilines is 2. The maximum Gasteiger partial charge on any atom is 0.221 e. The average Bonchev–Trinajstić information content (AvgIpc) is 2.81. The molecule has 3 aliphatic rings. The molecule has 4 rings (SSSR count). The Labute approximate surface area is 185 Å². The van der Waals surface area contributed by atoms with Crippen molar-refractivity contribution in [2.45, 2.75) is 96.6 Å². The van der Waals surface area contributed by atoms with Crippen molar-refractivity contribution in [1.29, 1.82) is 0 Å². The van der Waals surface area contributed by atoms with E-state index in [9.17, 15) is 4.79 Å². The Morgan fingerprint density at radius 3 is 2.35 bits per heavy atom. The van der Waals surface area contributed by atoms with Crippen molar-refractivity contribution in [3.63, 3.8) is 0 Å². The van der Waals surface area contributed by atoms with Crippen LogP contribution in [-0.4, -0.2) is 23.5 Å². The predicted molar refractivity (Wildman–Crippen MR) is 128 cm³/mol. The van der Waals surface area contributed by atoms with Crippen LogP contribution in [0.15, 0.2) is 16.1 Å². The number of guanidine groups is 2. The second-order valence-corrected chi connectivity index (χ2v) is 10.8. The number of aliphatic imine (C=N–C) groups is 2. The highest BCUT2D eigenvalue weighted by atomic mass is 16.1. The molecule has 31 heavy (non-hydrogen) atoms. The highest BCUT2D eigenvalue weighted by Crippen LogP contribution is 2.56. The van der Waals surface area contributed by atoms with Crippen molar-refractivity contribution in [3.05, 3.63) is 22.8 Å². The van der Waals surface area contributed by atoms with E-state index in [-0.39, 0.29) is 22.7 Å². The molecular weight excluding hydrogens is 388 g/mol. The van der Waals surface area contributed by atoms with Gasteiger partial charge < -0.3 is 16.8 Å². The first-order valence-electron chi connectivity index (χ1n) is 11.3. The third-order valence-electron chi connectivity index (χ3n) is 7.23. The second-order valence-electron chi connectivity index (χ2n) is 10.8. The zero-order chi connectivity index (χ0) is 22.8. The van der Waals surface area contributed by atoms with Crippen molar-refractivity contribution < 1.29 is 4.79 Å². The Bertz CT molecular complexity index is 998. The van der Waals surface area contributed by atoms with Crippen LogP contribution in [0.4, 0.5) is 11.4 Å². The number of carbonyl (C=O) groups excluding carboxylic acids is 1. The van der Waals surface area contributed by atoms with Crippen molar-refractivity contribution in [3.8, 4) is 0 Å². The Kier molecular flexibility index (Phi) is 4.87. The number of rotatable bonds is 2. The van der Waals surface area contributed by atoms with Gasteiger partial charge in [0, 0.05) is 12.6 Å². The van der Waals surface area contributed by atoms with Crippen LogP contribution in [0.1, 0.15) is 89.8 Å². The molecule has 1 aromatic carbocycles. The lowest BCUT2D eigenvalue weighted by Gasteiger charge is -2.47. The number of amides is 1. The standard InChI is InChI=1S/C24H36N6O/c1-14-17(27-15(2)31)12-16-18(23(5,6)13-22(16,3)4)19(14)30-21(26)28-20(25)29-24(30)10-8-7-9-11-24/h12H,7-11,13H2,1-6H3,(H,27,31)(H4,25,26,28,29). The van der Waals surface area contributed by atoms with Gasteiger partial charge >= 0.3 is 0 Å². The van der Waals surface area contributed by atoms with Gasteiger partial charge in [0.2, 0.25) is 17.8 Å². The third-order valence-corrected chi connectivity index (χ3v) is 7.23. The van der Waals surface area contributed by atoms with Gasteiger partial charge in [0.1, 0.15) is 5.66 Å². The van der Waals surface area contributed by atoms with Gasteiger partial charge in [-0.25, -0.2) is 4.99 Å². The quantitative estimate of drug-likeness (QED) is 0.666. The van der Waals surface area contributed by atoms with Crippen LogP contribution in [-0.2, 0) is 15.6 Å². The topological polar surface area (TPSA) is 109 Å². The van der Waals surface area contributed by atoms with E-state index in [1.54, 1.807) is 6.92 Å². The number of nitrogens with zero attached hydrogens (tertiary/aromatic N) is 3. The molecule has 7 nitrogen and oxygen atoms in total. The molecule has 1 amide bonds. The summed E-state index contributed by atoms with van der Waals surface area (Å²) in [5, 5.41) is 3.06. The number of hydrogen-bond donors (Lipinski definition) is 3. The Morgan fingerprint density at radius 2 is 1.74 bits per heavy atom. The molecule has 1 saturated carbocycles. The van der Waals surface area contributed by atoms with E-state index in [4.69, 9.17) is 16.5 Å².